The van der Waals surface area contributed by atoms with Crippen LogP contribution in [0.5, 0.6) is 0 Å². The summed E-state index contributed by atoms with van der Waals surface area (Å²) in [6.07, 6.45) is 7.18. The van der Waals surface area contributed by atoms with Gasteiger partial charge in [-0.3, -0.25) is 0 Å². The van der Waals surface area contributed by atoms with Gasteiger partial charge < -0.3 is 20.7 Å². The van der Waals surface area contributed by atoms with E-state index in [-0.39, 0.29) is 6.03 Å². The Morgan fingerprint density at radius 3 is 2.53 bits per heavy atom. The van der Waals surface area contributed by atoms with Gasteiger partial charge in [-0.05, 0) is 32.6 Å². The minimum absolute atomic E-state index is 0.247. The minimum Gasteiger partial charge on any atom is -0.450 e. The molecule has 1 saturated carbocycles. The molecular weight excluding hydrogens is 246 g/mol. The molecule has 0 aromatic rings. The van der Waals surface area contributed by atoms with Crippen molar-refractivity contribution < 1.29 is 14.3 Å². The molecule has 0 aromatic carbocycles. The van der Waals surface area contributed by atoms with Crippen molar-refractivity contribution in [3.8, 4) is 0 Å². The van der Waals surface area contributed by atoms with Crippen molar-refractivity contribution in [3.05, 3.63) is 11.8 Å². The van der Waals surface area contributed by atoms with Crippen LogP contribution in [0.1, 0.15) is 39.0 Å². The average Bonchev–Trinajstić information content (AvgIpc) is 2.43. The van der Waals surface area contributed by atoms with Gasteiger partial charge in [0.2, 0.25) is 0 Å². The summed E-state index contributed by atoms with van der Waals surface area (Å²) in [6, 6.07) is -0.247. The Kier molecular flexibility index (Phi) is 7.46. The molecule has 6 nitrogen and oxygen atoms in total. The number of ether oxygens (including phenoxy) is 1. The van der Waals surface area contributed by atoms with Gasteiger partial charge in [-0.1, -0.05) is 12.0 Å². The van der Waals surface area contributed by atoms with Gasteiger partial charge in [0.15, 0.2) is 0 Å². The molecule has 19 heavy (non-hydrogen) atoms. The summed E-state index contributed by atoms with van der Waals surface area (Å²) in [5.74, 6) is 0. The van der Waals surface area contributed by atoms with Crippen LogP contribution in [-0.2, 0) is 4.74 Å². The highest BCUT2D eigenvalue weighted by Gasteiger charge is 2.05. The summed E-state index contributed by atoms with van der Waals surface area (Å²) in [5.41, 5.74) is 1.30. The minimum atomic E-state index is -0.464. The van der Waals surface area contributed by atoms with E-state index in [4.69, 9.17) is 0 Å². The molecule has 1 fully saturated rings. The maximum atomic E-state index is 11.4. The summed E-state index contributed by atoms with van der Waals surface area (Å²) in [5, 5.41) is 7.89. The van der Waals surface area contributed by atoms with E-state index in [9.17, 15) is 9.59 Å². The highest BCUT2D eigenvalue weighted by atomic mass is 16.5. The Labute approximate surface area is 114 Å². The van der Waals surface area contributed by atoms with Gasteiger partial charge in [0.05, 0.1) is 6.61 Å². The zero-order valence-electron chi connectivity index (χ0n) is 11.5. The molecule has 3 N–H and O–H groups in total. The van der Waals surface area contributed by atoms with Gasteiger partial charge in [-0.2, -0.15) is 0 Å². The third-order valence-corrected chi connectivity index (χ3v) is 2.86. The number of carbonyl (C=O) groups is 2. The van der Waals surface area contributed by atoms with Crippen molar-refractivity contribution >= 4 is 12.1 Å². The van der Waals surface area contributed by atoms with E-state index in [0.717, 1.165) is 12.8 Å². The van der Waals surface area contributed by atoms with E-state index < -0.39 is 6.09 Å². The molecule has 0 heterocycles. The standard InChI is InChI=1S/C13H23N3O3/c1-2-19-13(18)15-9-8-14-12(17)16-10-11-6-4-3-5-7-11/h10H,2-9H2,1H3,(H,15,18)(H2,14,16,17). The maximum Gasteiger partial charge on any atom is 0.407 e. The zero-order valence-corrected chi connectivity index (χ0v) is 11.5. The third-order valence-electron chi connectivity index (χ3n) is 2.86. The number of hydrogen-bond acceptors (Lipinski definition) is 3. The molecule has 0 spiro atoms. The molecule has 3 amide bonds. The molecule has 0 unspecified atom stereocenters. The summed E-state index contributed by atoms with van der Waals surface area (Å²) in [6.45, 7) is 2.80. The van der Waals surface area contributed by atoms with Crippen LogP contribution >= 0.6 is 0 Å². The Bertz CT molecular complexity index is 321. The van der Waals surface area contributed by atoms with E-state index in [1.54, 1.807) is 13.1 Å². The first-order valence-corrected chi connectivity index (χ1v) is 6.85. The van der Waals surface area contributed by atoms with Gasteiger partial charge >= 0.3 is 12.1 Å². The van der Waals surface area contributed by atoms with Gasteiger partial charge in [0, 0.05) is 19.3 Å². The Balaban J connectivity index is 2.06. The number of nitrogens with one attached hydrogen (secondary N) is 3. The second kappa shape index (κ2) is 9.24. The lowest BCUT2D eigenvalue weighted by Gasteiger charge is -2.13. The van der Waals surface area contributed by atoms with Crippen LogP contribution in [-0.4, -0.2) is 31.8 Å². The highest BCUT2D eigenvalue weighted by molar-refractivity contribution is 5.75. The number of hydrogen-bond donors (Lipinski definition) is 3. The second-order valence-electron chi connectivity index (χ2n) is 4.41. The molecule has 1 aliphatic carbocycles. The number of alkyl carbamates (subject to hydrolysis) is 1. The number of amides is 3. The predicted molar refractivity (Wildman–Crippen MR) is 72.7 cm³/mol. The van der Waals surface area contributed by atoms with Crippen molar-refractivity contribution in [3.63, 3.8) is 0 Å². The molecule has 0 aromatic heterocycles. The fourth-order valence-corrected chi connectivity index (χ4v) is 1.89. The predicted octanol–water partition coefficient (Wildman–Crippen LogP) is 1.88. The van der Waals surface area contributed by atoms with Crippen LogP contribution in [0.3, 0.4) is 0 Å². The first-order valence-electron chi connectivity index (χ1n) is 6.85. The topological polar surface area (TPSA) is 79.5 Å². The molecule has 108 valence electrons. The van der Waals surface area contributed by atoms with E-state index in [1.165, 1.54) is 24.8 Å². The normalized spacial score (nSPS) is 14.5. The maximum absolute atomic E-state index is 11.4. The SMILES string of the molecule is CCOC(=O)NCCNC(=O)NC=C1CCCCC1. The molecule has 0 radical (unpaired) electrons. The first kappa shape index (κ1) is 15.3. The van der Waals surface area contributed by atoms with Crippen LogP contribution in [0.25, 0.3) is 0 Å². The monoisotopic (exact) mass is 269 g/mol. The Morgan fingerprint density at radius 2 is 1.84 bits per heavy atom. The number of allylic oxidation sites excluding steroid dienone is 1. The lowest BCUT2D eigenvalue weighted by molar-refractivity contribution is 0.152. The van der Waals surface area contributed by atoms with E-state index in [1.807, 2.05) is 0 Å². The van der Waals surface area contributed by atoms with Crippen molar-refractivity contribution in [1.29, 1.82) is 0 Å². The van der Waals surface area contributed by atoms with Crippen molar-refractivity contribution in [2.24, 2.45) is 0 Å². The quantitative estimate of drug-likeness (QED) is 0.667. The first-order chi connectivity index (χ1) is 9.22. The second-order valence-corrected chi connectivity index (χ2v) is 4.41. The van der Waals surface area contributed by atoms with Gasteiger partial charge in [0.1, 0.15) is 0 Å². The van der Waals surface area contributed by atoms with Crippen LogP contribution in [0.15, 0.2) is 11.8 Å². The molecule has 0 atom stereocenters. The fraction of sp³-hybridized carbons (Fsp3) is 0.692. The molecule has 6 heteroatoms. The Hall–Kier alpha value is -1.72. The van der Waals surface area contributed by atoms with Crippen LogP contribution in [0.2, 0.25) is 0 Å². The third kappa shape index (κ3) is 7.33. The highest BCUT2D eigenvalue weighted by Crippen LogP contribution is 2.21. The van der Waals surface area contributed by atoms with Crippen molar-refractivity contribution in [1.82, 2.24) is 16.0 Å². The van der Waals surface area contributed by atoms with Crippen molar-refractivity contribution in [2.45, 2.75) is 39.0 Å². The van der Waals surface area contributed by atoms with Gasteiger partial charge in [0.25, 0.3) is 0 Å². The summed E-state index contributed by atoms with van der Waals surface area (Å²) < 4.78 is 4.69. The number of rotatable bonds is 5. The lowest BCUT2D eigenvalue weighted by atomic mass is 9.96. The van der Waals surface area contributed by atoms with Crippen LogP contribution < -0.4 is 16.0 Å². The lowest BCUT2D eigenvalue weighted by Crippen LogP contribution is -2.38. The average molecular weight is 269 g/mol. The van der Waals surface area contributed by atoms with Crippen molar-refractivity contribution in [2.75, 3.05) is 19.7 Å². The van der Waals surface area contributed by atoms with E-state index >= 15 is 0 Å². The molecule has 1 aliphatic rings. The van der Waals surface area contributed by atoms with Crippen LogP contribution in [0.4, 0.5) is 9.59 Å². The Morgan fingerprint density at radius 1 is 1.16 bits per heavy atom. The van der Waals surface area contributed by atoms with E-state index in [2.05, 4.69) is 20.7 Å². The van der Waals surface area contributed by atoms with Crippen LogP contribution in [0, 0.1) is 0 Å². The molecule has 1 rings (SSSR count). The van der Waals surface area contributed by atoms with E-state index in [0.29, 0.717) is 19.7 Å². The largest absolute Gasteiger partial charge is 0.450 e. The molecule has 0 bridgehead atoms. The molecule has 0 aliphatic heterocycles. The summed E-state index contributed by atoms with van der Waals surface area (Å²) in [7, 11) is 0. The fourth-order valence-electron chi connectivity index (χ4n) is 1.89. The zero-order chi connectivity index (χ0) is 13.9. The molecular formula is C13H23N3O3. The van der Waals surface area contributed by atoms with Gasteiger partial charge in [-0.25, -0.2) is 9.59 Å². The summed E-state index contributed by atoms with van der Waals surface area (Å²) in [4.78, 5) is 22.4. The number of carbonyl (C=O) groups excluding carboxylic acids is 2. The van der Waals surface area contributed by atoms with Gasteiger partial charge in [-0.15, -0.1) is 0 Å². The molecule has 0 saturated heterocycles. The smallest absolute Gasteiger partial charge is 0.407 e. The number of urea groups is 1. The summed E-state index contributed by atoms with van der Waals surface area (Å²) >= 11 is 0.